The Morgan fingerprint density at radius 3 is 2.58 bits per heavy atom. The molecule has 2 aliphatic carbocycles. The topological polar surface area (TPSA) is 89.5 Å². The van der Waals surface area contributed by atoms with Crippen LogP contribution >= 0.6 is 0 Å². The van der Waals surface area contributed by atoms with Gasteiger partial charge < -0.3 is 4.74 Å². The molecule has 1 aromatic carbocycles. The largest absolute Gasteiger partial charge is 0.465 e. The Morgan fingerprint density at radius 2 is 2.04 bits per heavy atom. The number of ketones is 1. The molecular weight excluding hydrogens is 354 g/mol. The van der Waals surface area contributed by atoms with Crippen molar-refractivity contribution in [3.63, 3.8) is 0 Å². The highest BCUT2D eigenvalue weighted by Gasteiger charge is 2.65. The van der Waals surface area contributed by atoms with Crippen LogP contribution in [-0.4, -0.2) is 33.0 Å². The molecule has 0 amide bonds. The maximum Gasteiger partial charge on any atom is 0.337 e. The van der Waals surface area contributed by atoms with E-state index >= 15 is 0 Å². The first-order valence-electron chi connectivity index (χ1n) is 8.75. The fraction of sp³-hybridized carbons (Fsp3) is 0.579. The van der Waals surface area contributed by atoms with Gasteiger partial charge in [0.05, 0.1) is 29.5 Å². The van der Waals surface area contributed by atoms with E-state index in [9.17, 15) is 18.0 Å². The second-order valence-electron chi connectivity index (χ2n) is 8.05. The molecule has 2 saturated carbocycles. The lowest BCUT2D eigenvalue weighted by atomic mass is 9.70. The van der Waals surface area contributed by atoms with E-state index in [2.05, 4.69) is 9.46 Å². The summed E-state index contributed by atoms with van der Waals surface area (Å²) in [6, 6.07) is 4.72. The van der Waals surface area contributed by atoms with Gasteiger partial charge in [-0.05, 0) is 48.8 Å². The molecule has 7 heteroatoms. The first-order chi connectivity index (χ1) is 12.0. The van der Waals surface area contributed by atoms with E-state index in [-0.39, 0.29) is 28.4 Å². The Labute approximate surface area is 154 Å². The number of esters is 1. The van der Waals surface area contributed by atoms with E-state index in [0.29, 0.717) is 24.1 Å². The van der Waals surface area contributed by atoms with Crippen LogP contribution in [-0.2, 0) is 19.6 Å². The van der Waals surface area contributed by atoms with Crippen LogP contribution in [0.1, 0.15) is 49.0 Å². The molecule has 6 nitrogen and oxygen atoms in total. The predicted molar refractivity (Wildman–Crippen MR) is 98.5 cm³/mol. The first-order valence-corrected chi connectivity index (χ1v) is 10.4. The van der Waals surface area contributed by atoms with Gasteiger partial charge in [-0.25, -0.2) is 13.2 Å². The zero-order chi connectivity index (χ0) is 19.3. The molecule has 0 saturated heterocycles. The minimum Gasteiger partial charge on any atom is -0.465 e. The summed E-state index contributed by atoms with van der Waals surface area (Å²) in [6.45, 7) is 5.77. The Hall–Kier alpha value is -1.89. The Bertz CT molecular complexity index is 874. The number of sulfonamides is 1. The van der Waals surface area contributed by atoms with Crippen LogP contribution in [0.25, 0.3) is 0 Å². The number of ether oxygens (including phenoxy) is 1. The maximum absolute atomic E-state index is 12.9. The van der Waals surface area contributed by atoms with Gasteiger partial charge in [0.2, 0.25) is 10.0 Å². The molecule has 2 bridgehead atoms. The normalized spacial score (nSPS) is 26.8. The number of carbonyl (C=O) groups is 2. The van der Waals surface area contributed by atoms with Crippen molar-refractivity contribution in [2.45, 2.75) is 40.0 Å². The fourth-order valence-corrected chi connectivity index (χ4v) is 6.57. The van der Waals surface area contributed by atoms with Crippen molar-refractivity contribution in [2.24, 2.45) is 16.7 Å². The molecule has 1 aromatic rings. The van der Waals surface area contributed by atoms with Gasteiger partial charge in [0, 0.05) is 6.42 Å². The molecule has 3 rings (SSSR count). The third kappa shape index (κ3) is 2.82. The Morgan fingerprint density at radius 1 is 1.35 bits per heavy atom. The van der Waals surface area contributed by atoms with E-state index in [4.69, 9.17) is 0 Å². The highest BCUT2D eigenvalue weighted by atomic mass is 32.2. The third-order valence-corrected chi connectivity index (χ3v) is 7.90. The van der Waals surface area contributed by atoms with E-state index in [1.165, 1.54) is 13.2 Å². The zero-order valence-electron chi connectivity index (χ0n) is 15.6. The highest BCUT2D eigenvalue weighted by Crippen LogP contribution is 2.64. The Balaban J connectivity index is 1.89. The molecule has 1 N–H and O–H groups in total. The molecule has 26 heavy (non-hydrogen) atoms. The minimum atomic E-state index is -3.76. The fourth-order valence-electron chi connectivity index (χ4n) is 4.61. The number of hydrogen-bond acceptors (Lipinski definition) is 5. The molecule has 0 unspecified atom stereocenters. The van der Waals surface area contributed by atoms with Gasteiger partial charge >= 0.3 is 5.97 Å². The lowest BCUT2D eigenvalue weighted by Gasteiger charge is -2.36. The van der Waals surface area contributed by atoms with Gasteiger partial charge in [-0.1, -0.05) is 19.9 Å². The van der Waals surface area contributed by atoms with Gasteiger partial charge in [0.1, 0.15) is 5.78 Å². The third-order valence-electron chi connectivity index (χ3n) is 6.50. The minimum absolute atomic E-state index is 0.0594. The number of carbonyl (C=O) groups excluding carboxylic acids is 2. The average molecular weight is 379 g/mol. The van der Waals surface area contributed by atoms with Crippen LogP contribution in [0, 0.1) is 23.7 Å². The highest BCUT2D eigenvalue weighted by molar-refractivity contribution is 7.92. The number of rotatable bonds is 5. The molecule has 2 fully saturated rings. The first kappa shape index (κ1) is 18.9. The summed E-state index contributed by atoms with van der Waals surface area (Å²) in [5.74, 6) is -0.432. The van der Waals surface area contributed by atoms with E-state index in [1.54, 1.807) is 19.1 Å². The molecular formula is C19H25NO5S. The predicted octanol–water partition coefficient (Wildman–Crippen LogP) is 2.92. The van der Waals surface area contributed by atoms with Crippen LogP contribution < -0.4 is 4.72 Å². The molecule has 142 valence electrons. The monoisotopic (exact) mass is 379 g/mol. The number of benzene rings is 1. The van der Waals surface area contributed by atoms with Crippen molar-refractivity contribution in [1.82, 2.24) is 0 Å². The smallest absolute Gasteiger partial charge is 0.337 e. The SMILES string of the molecule is COC(=O)c1ccc(C)c(NS(=O)(=O)C[C@@]23CC[C@H](CC2=O)C3(C)C)c1. The second-order valence-corrected chi connectivity index (χ2v) is 9.77. The van der Waals surface area contributed by atoms with Gasteiger partial charge in [-0.2, -0.15) is 0 Å². The van der Waals surface area contributed by atoms with Crippen LogP contribution in [0.15, 0.2) is 18.2 Å². The lowest BCUT2D eigenvalue weighted by molar-refractivity contribution is -0.128. The average Bonchev–Trinajstić information content (AvgIpc) is 2.89. The van der Waals surface area contributed by atoms with Crippen LogP contribution in [0.5, 0.6) is 0 Å². The van der Waals surface area contributed by atoms with Gasteiger partial charge in [-0.15, -0.1) is 0 Å². The maximum atomic E-state index is 12.9. The number of nitrogens with one attached hydrogen (secondary N) is 1. The van der Waals surface area contributed by atoms with Gasteiger partial charge in [0.15, 0.2) is 0 Å². The van der Waals surface area contributed by atoms with Gasteiger partial charge in [-0.3, -0.25) is 9.52 Å². The van der Waals surface area contributed by atoms with Crippen LogP contribution in [0.3, 0.4) is 0 Å². The van der Waals surface area contributed by atoms with Crippen molar-refractivity contribution in [2.75, 3.05) is 17.6 Å². The van der Waals surface area contributed by atoms with Gasteiger partial charge in [0.25, 0.3) is 0 Å². The van der Waals surface area contributed by atoms with Crippen molar-refractivity contribution < 1.29 is 22.7 Å². The lowest BCUT2D eigenvalue weighted by Crippen LogP contribution is -2.43. The number of hydrogen-bond donors (Lipinski definition) is 1. The molecule has 0 heterocycles. The van der Waals surface area contributed by atoms with Crippen LogP contribution in [0.2, 0.25) is 0 Å². The summed E-state index contributed by atoms with van der Waals surface area (Å²) in [4.78, 5) is 24.3. The number of Topliss-reactive ketones (excluding diaryl/α,β-unsaturated/α-hetero) is 1. The van der Waals surface area contributed by atoms with Crippen LogP contribution in [0.4, 0.5) is 5.69 Å². The summed E-state index contributed by atoms with van der Waals surface area (Å²) >= 11 is 0. The van der Waals surface area contributed by atoms with E-state index in [0.717, 1.165) is 6.42 Å². The number of fused-ring (bicyclic) bond motifs is 2. The molecule has 0 spiro atoms. The molecule has 2 aliphatic rings. The quantitative estimate of drug-likeness (QED) is 0.795. The summed E-state index contributed by atoms with van der Waals surface area (Å²) in [5, 5.41) is 0. The van der Waals surface area contributed by atoms with E-state index < -0.39 is 21.4 Å². The summed E-state index contributed by atoms with van der Waals surface area (Å²) in [6.07, 6.45) is 1.98. The molecule has 0 aromatic heterocycles. The Kier molecular flexibility index (Phi) is 4.42. The molecule has 2 atom stereocenters. The number of aryl methyl sites for hydroxylation is 1. The zero-order valence-corrected chi connectivity index (χ0v) is 16.4. The standard InChI is InChI=1S/C19H25NO5S/c1-12-5-6-13(17(22)25-4)9-15(12)20-26(23,24)11-19-8-7-14(10-16(19)21)18(19,2)3/h5-6,9,14,20H,7-8,10-11H2,1-4H3/t14-,19+/m1/s1. The van der Waals surface area contributed by atoms with Crippen molar-refractivity contribution in [3.05, 3.63) is 29.3 Å². The number of methoxy groups -OCH3 is 1. The summed E-state index contributed by atoms with van der Waals surface area (Å²) in [5.41, 5.74) is 0.161. The number of anilines is 1. The van der Waals surface area contributed by atoms with Crippen molar-refractivity contribution in [3.8, 4) is 0 Å². The summed E-state index contributed by atoms with van der Waals surface area (Å²) < 4.78 is 33.1. The van der Waals surface area contributed by atoms with Crippen molar-refractivity contribution >= 4 is 27.5 Å². The van der Waals surface area contributed by atoms with Crippen molar-refractivity contribution in [1.29, 1.82) is 0 Å². The summed E-state index contributed by atoms with van der Waals surface area (Å²) in [7, 11) is -2.49. The molecule has 0 aliphatic heterocycles. The second kappa shape index (κ2) is 6.08. The molecule has 0 radical (unpaired) electrons. The van der Waals surface area contributed by atoms with E-state index in [1.807, 2.05) is 13.8 Å².